The van der Waals surface area contributed by atoms with E-state index in [9.17, 15) is 4.39 Å². The van der Waals surface area contributed by atoms with E-state index in [1.165, 1.54) is 24.5 Å². The highest BCUT2D eigenvalue weighted by molar-refractivity contribution is 9.10. The highest BCUT2D eigenvalue weighted by Gasteiger charge is 2.12. The van der Waals surface area contributed by atoms with Crippen LogP contribution >= 0.6 is 27.3 Å². The zero-order valence-corrected chi connectivity index (χ0v) is 12.4. The van der Waals surface area contributed by atoms with Crippen LogP contribution in [0.5, 0.6) is 5.75 Å². The number of methoxy groups -OCH3 is 1. The Bertz CT molecular complexity index is 559. The first kappa shape index (κ1) is 13.5. The molecule has 3 nitrogen and oxygen atoms in total. The van der Waals surface area contributed by atoms with E-state index < -0.39 is 0 Å². The van der Waals surface area contributed by atoms with Crippen molar-refractivity contribution in [3.05, 3.63) is 33.5 Å². The molecule has 0 aliphatic carbocycles. The Balaban J connectivity index is 2.36. The van der Waals surface area contributed by atoms with Gasteiger partial charge >= 0.3 is 0 Å². The molecule has 1 N–H and O–H groups in total. The van der Waals surface area contributed by atoms with Gasteiger partial charge in [-0.2, -0.15) is 0 Å². The Labute approximate surface area is 117 Å². The Morgan fingerprint density at radius 2 is 2.28 bits per heavy atom. The molecule has 2 aromatic rings. The van der Waals surface area contributed by atoms with E-state index in [2.05, 4.69) is 26.2 Å². The molecule has 0 aliphatic rings. The van der Waals surface area contributed by atoms with E-state index >= 15 is 0 Å². The molecule has 1 aromatic heterocycles. The van der Waals surface area contributed by atoms with Crippen molar-refractivity contribution in [1.29, 1.82) is 0 Å². The molecular formula is C12H12BrFN2OS. The van der Waals surface area contributed by atoms with Gasteiger partial charge in [0.1, 0.15) is 9.61 Å². The number of rotatable bonds is 4. The van der Waals surface area contributed by atoms with Crippen LogP contribution in [0.15, 0.2) is 22.8 Å². The predicted octanol–water partition coefficient (Wildman–Crippen LogP) is 3.44. The summed E-state index contributed by atoms with van der Waals surface area (Å²) in [7, 11) is 3.32. The minimum atomic E-state index is -0.378. The van der Waals surface area contributed by atoms with Crippen molar-refractivity contribution in [3.8, 4) is 16.3 Å². The van der Waals surface area contributed by atoms with Crippen LogP contribution < -0.4 is 10.1 Å². The summed E-state index contributed by atoms with van der Waals surface area (Å²) in [6.07, 6.45) is 0. The van der Waals surface area contributed by atoms with Gasteiger partial charge in [-0.15, -0.1) is 11.3 Å². The van der Waals surface area contributed by atoms with Gasteiger partial charge in [0.15, 0.2) is 11.6 Å². The molecule has 1 aromatic carbocycles. The molecule has 96 valence electrons. The van der Waals surface area contributed by atoms with E-state index in [1.54, 1.807) is 12.1 Å². The predicted molar refractivity (Wildman–Crippen MR) is 74.5 cm³/mol. The number of hydrogen-bond donors (Lipinski definition) is 1. The van der Waals surface area contributed by atoms with Gasteiger partial charge < -0.3 is 10.1 Å². The first-order valence-electron chi connectivity index (χ1n) is 5.29. The molecule has 0 fully saturated rings. The van der Waals surface area contributed by atoms with E-state index in [0.29, 0.717) is 0 Å². The molecule has 0 saturated heterocycles. The maximum Gasteiger partial charge on any atom is 0.165 e. The van der Waals surface area contributed by atoms with Crippen LogP contribution in [0.3, 0.4) is 0 Å². The average molecular weight is 331 g/mol. The quantitative estimate of drug-likeness (QED) is 0.932. The molecular weight excluding hydrogens is 319 g/mol. The van der Waals surface area contributed by atoms with Crippen molar-refractivity contribution in [1.82, 2.24) is 10.3 Å². The van der Waals surface area contributed by atoms with Gasteiger partial charge in [0.05, 0.1) is 12.0 Å². The van der Waals surface area contributed by atoms with E-state index in [-0.39, 0.29) is 11.6 Å². The summed E-state index contributed by atoms with van der Waals surface area (Å²) in [5.41, 5.74) is 0.751. The number of nitrogens with zero attached hydrogens (tertiary/aromatic N) is 1. The van der Waals surface area contributed by atoms with Crippen molar-refractivity contribution < 1.29 is 9.13 Å². The second-order valence-corrected chi connectivity index (χ2v) is 5.45. The van der Waals surface area contributed by atoms with Gasteiger partial charge in [-0.3, -0.25) is 0 Å². The maximum absolute atomic E-state index is 13.6. The number of hydrogen-bond acceptors (Lipinski definition) is 4. The third kappa shape index (κ3) is 2.71. The largest absolute Gasteiger partial charge is 0.494 e. The molecule has 0 spiro atoms. The van der Waals surface area contributed by atoms with Gasteiger partial charge in [0.2, 0.25) is 0 Å². The van der Waals surface area contributed by atoms with Gasteiger partial charge in [-0.25, -0.2) is 9.37 Å². The number of halogens is 2. The summed E-state index contributed by atoms with van der Waals surface area (Å²) < 4.78 is 19.3. The first-order valence-corrected chi connectivity index (χ1v) is 6.90. The van der Waals surface area contributed by atoms with E-state index in [0.717, 1.165) is 26.6 Å². The van der Waals surface area contributed by atoms with Crippen LogP contribution in [-0.4, -0.2) is 19.1 Å². The van der Waals surface area contributed by atoms with Gasteiger partial charge in [-0.1, -0.05) is 0 Å². The molecule has 0 aliphatic heterocycles. The molecule has 0 radical (unpaired) electrons. The first-order chi connectivity index (χ1) is 8.65. The number of nitrogens with one attached hydrogen (secondary N) is 1. The fourth-order valence-corrected chi connectivity index (χ4v) is 3.16. The van der Waals surface area contributed by atoms with Crippen LogP contribution in [0.25, 0.3) is 10.6 Å². The normalized spacial score (nSPS) is 10.7. The van der Waals surface area contributed by atoms with Gasteiger partial charge in [0.25, 0.3) is 0 Å². The maximum atomic E-state index is 13.6. The van der Waals surface area contributed by atoms with E-state index in [1.807, 2.05) is 7.05 Å². The third-order valence-corrected chi connectivity index (χ3v) is 4.41. The van der Waals surface area contributed by atoms with Crippen molar-refractivity contribution >= 4 is 27.3 Å². The number of thiazole rings is 1. The lowest BCUT2D eigenvalue weighted by Gasteiger charge is -2.02. The lowest BCUT2D eigenvalue weighted by molar-refractivity contribution is 0.386. The SMILES string of the molecule is CNCc1sc(-c2ccc(OC)c(F)c2)nc1Br. The zero-order chi connectivity index (χ0) is 13.1. The number of benzene rings is 1. The molecule has 0 saturated carbocycles. The van der Waals surface area contributed by atoms with Crippen molar-refractivity contribution in [2.75, 3.05) is 14.2 Å². The Morgan fingerprint density at radius 3 is 2.89 bits per heavy atom. The smallest absolute Gasteiger partial charge is 0.165 e. The highest BCUT2D eigenvalue weighted by Crippen LogP contribution is 2.32. The van der Waals surface area contributed by atoms with E-state index in [4.69, 9.17) is 4.74 Å². The Morgan fingerprint density at radius 1 is 1.50 bits per heavy atom. The molecule has 1 heterocycles. The fraction of sp³-hybridized carbons (Fsp3) is 0.250. The van der Waals surface area contributed by atoms with Gasteiger partial charge in [0, 0.05) is 12.1 Å². The zero-order valence-electron chi connectivity index (χ0n) is 9.96. The van der Waals surface area contributed by atoms with Crippen LogP contribution in [0.2, 0.25) is 0 Å². The molecule has 0 atom stereocenters. The molecule has 2 rings (SSSR count). The fourth-order valence-electron chi connectivity index (χ4n) is 1.53. The third-order valence-electron chi connectivity index (χ3n) is 2.39. The molecule has 0 unspecified atom stereocenters. The second kappa shape index (κ2) is 5.77. The minimum Gasteiger partial charge on any atom is -0.494 e. The van der Waals surface area contributed by atoms with Crippen molar-refractivity contribution in [2.24, 2.45) is 0 Å². The lowest BCUT2D eigenvalue weighted by Crippen LogP contribution is -2.03. The van der Waals surface area contributed by atoms with Gasteiger partial charge in [-0.05, 0) is 41.2 Å². The molecule has 6 heteroatoms. The topological polar surface area (TPSA) is 34.1 Å². The molecule has 0 amide bonds. The molecule has 0 bridgehead atoms. The Kier molecular flexibility index (Phi) is 4.31. The van der Waals surface area contributed by atoms with Crippen molar-refractivity contribution in [3.63, 3.8) is 0 Å². The van der Waals surface area contributed by atoms with Crippen LogP contribution in [0.1, 0.15) is 4.88 Å². The summed E-state index contributed by atoms with van der Waals surface area (Å²) >= 11 is 4.93. The van der Waals surface area contributed by atoms with Crippen LogP contribution in [0, 0.1) is 5.82 Å². The van der Waals surface area contributed by atoms with Crippen LogP contribution in [0.4, 0.5) is 4.39 Å². The average Bonchev–Trinajstić information content (AvgIpc) is 2.71. The highest BCUT2D eigenvalue weighted by atomic mass is 79.9. The summed E-state index contributed by atoms with van der Waals surface area (Å²) in [4.78, 5) is 5.47. The summed E-state index contributed by atoms with van der Waals surface area (Å²) in [6, 6.07) is 4.85. The number of aromatic nitrogens is 1. The minimum absolute atomic E-state index is 0.241. The van der Waals surface area contributed by atoms with Crippen LogP contribution in [-0.2, 0) is 6.54 Å². The standard InChI is InChI=1S/C12H12BrFN2OS/c1-15-6-10-11(13)16-12(18-10)7-3-4-9(17-2)8(14)5-7/h3-5,15H,6H2,1-2H3. The summed E-state index contributed by atoms with van der Waals surface area (Å²) in [5, 5.41) is 3.85. The Hall–Kier alpha value is -0.980. The monoisotopic (exact) mass is 330 g/mol. The summed E-state index contributed by atoms with van der Waals surface area (Å²) in [5.74, 6) is -0.138. The molecule has 18 heavy (non-hydrogen) atoms. The van der Waals surface area contributed by atoms with Crippen molar-refractivity contribution in [2.45, 2.75) is 6.54 Å². The second-order valence-electron chi connectivity index (χ2n) is 3.61. The summed E-state index contributed by atoms with van der Waals surface area (Å²) in [6.45, 7) is 0.733. The lowest BCUT2D eigenvalue weighted by atomic mass is 10.2. The number of ether oxygens (including phenoxy) is 1.